The van der Waals surface area contributed by atoms with Crippen LogP contribution >= 0.6 is 0 Å². The van der Waals surface area contributed by atoms with Gasteiger partial charge in [0.2, 0.25) is 5.82 Å². The maximum absolute atomic E-state index is 15.4. The van der Waals surface area contributed by atoms with Gasteiger partial charge in [-0.15, -0.1) is 0 Å². The van der Waals surface area contributed by atoms with Crippen molar-refractivity contribution < 1.29 is 22.6 Å². The van der Waals surface area contributed by atoms with Crippen molar-refractivity contribution >= 4 is 22.4 Å². The molecule has 5 rings (SSSR count). The third kappa shape index (κ3) is 5.31. The zero-order valence-corrected chi connectivity index (χ0v) is 21.9. The van der Waals surface area contributed by atoms with Crippen molar-refractivity contribution in [2.75, 3.05) is 43.2 Å². The van der Waals surface area contributed by atoms with Crippen LogP contribution in [0.1, 0.15) is 31.4 Å². The van der Waals surface area contributed by atoms with Crippen LogP contribution in [0, 0.1) is 28.8 Å². The Bertz CT molecular complexity index is 1460. The summed E-state index contributed by atoms with van der Waals surface area (Å²) in [5.74, 6) is -2.20. The second kappa shape index (κ2) is 11.2. The fourth-order valence-corrected chi connectivity index (χ4v) is 5.70. The third-order valence-corrected chi connectivity index (χ3v) is 7.79. The smallest absolute Gasteiger partial charge is 0.289 e. The molecule has 1 atom stereocenters. The summed E-state index contributed by atoms with van der Waals surface area (Å²) in [6.45, 7) is 1.75. The van der Waals surface area contributed by atoms with Crippen molar-refractivity contribution in [2.45, 2.75) is 43.9 Å². The van der Waals surface area contributed by atoms with Gasteiger partial charge in [-0.05, 0) is 49.9 Å². The molecular formula is C28H30F3N5O3. The normalized spacial score (nSPS) is 21.5. The second-order valence-corrected chi connectivity index (χ2v) is 10.1. The number of halogens is 3. The Morgan fingerprint density at radius 2 is 1.85 bits per heavy atom. The van der Waals surface area contributed by atoms with E-state index in [1.54, 1.807) is 18.0 Å². The summed E-state index contributed by atoms with van der Waals surface area (Å²) in [5, 5.41) is 9.34. The minimum atomic E-state index is -0.915. The summed E-state index contributed by atoms with van der Waals surface area (Å²) in [5.41, 5.74) is 0.426. The van der Waals surface area contributed by atoms with E-state index >= 15 is 4.39 Å². The fourth-order valence-electron chi connectivity index (χ4n) is 5.70. The lowest BCUT2D eigenvalue weighted by Gasteiger charge is -2.42. The molecule has 0 amide bonds. The van der Waals surface area contributed by atoms with E-state index < -0.39 is 23.0 Å². The number of hydrogen-bond donors (Lipinski definition) is 0. The van der Waals surface area contributed by atoms with Crippen LogP contribution in [0.2, 0.25) is 0 Å². The van der Waals surface area contributed by atoms with E-state index in [-0.39, 0.29) is 35.1 Å². The molecule has 0 N–H and O–H groups in total. The molecule has 3 aromatic rings. The number of aryl methyl sites for hydroxylation is 1. The number of pyridine rings is 2. The van der Waals surface area contributed by atoms with Crippen molar-refractivity contribution in [3.05, 3.63) is 63.8 Å². The summed E-state index contributed by atoms with van der Waals surface area (Å²) in [7, 11) is 3.20. The van der Waals surface area contributed by atoms with E-state index in [0.717, 1.165) is 6.07 Å². The van der Waals surface area contributed by atoms with Gasteiger partial charge in [-0.3, -0.25) is 4.79 Å². The molecule has 2 fully saturated rings. The molecule has 8 nitrogen and oxygen atoms in total. The standard InChI is InChI=1S/C28H30F3N5O3/c1-34(27-25(31)28(37)35(2)24-10-4-18(14-32)33-26(24)27)19-5-7-20(8-6-19)36(15-21-16-38-11-12-39-21)23-9-3-17(29)13-22(23)30/h3-4,9-10,13,19-21H,5-8,11-12,15-16H2,1-2H3/t19-,20+,21?. The number of ether oxygens (including phenoxy) is 2. The molecule has 3 heterocycles. The maximum atomic E-state index is 15.4. The molecule has 1 unspecified atom stereocenters. The van der Waals surface area contributed by atoms with E-state index in [2.05, 4.69) is 4.98 Å². The molecule has 0 radical (unpaired) electrons. The topological polar surface area (TPSA) is 83.6 Å². The molecular weight excluding hydrogens is 511 g/mol. The SMILES string of the molecule is Cn1c(=O)c(F)c(N(C)[C@H]2CC[C@@H](N(CC3COCCO3)c3ccc(F)cc3F)CC2)c2nc(C#N)ccc21. The molecule has 1 aromatic carbocycles. The van der Waals surface area contributed by atoms with E-state index in [1.165, 1.54) is 29.8 Å². The Morgan fingerprint density at radius 3 is 2.51 bits per heavy atom. The number of rotatable bonds is 6. The van der Waals surface area contributed by atoms with Crippen LogP contribution in [0.25, 0.3) is 11.0 Å². The highest BCUT2D eigenvalue weighted by molar-refractivity contribution is 5.89. The summed E-state index contributed by atoms with van der Waals surface area (Å²) in [6, 6.07) is 8.47. The predicted octanol–water partition coefficient (Wildman–Crippen LogP) is 3.89. The molecule has 1 saturated carbocycles. The van der Waals surface area contributed by atoms with Gasteiger partial charge in [-0.2, -0.15) is 9.65 Å². The van der Waals surface area contributed by atoms with Gasteiger partial charge >= 0.3 is 0 Å². The Kier molecular flexibility index (Phi) is 7.77. The van der Waals surface area contributed by atoms with Gasteiger partial charge in [0.05, 0.1) is 37.1 Å². The van der Waals surface area contributed by atoms with E-state index in [1.807, 2.05) is 11.0 Å². The maximum Gasteiger partial charge on any atom is 0.289 e. The second-order valence-electron chi connectivity index (χ2n) is 10.1. The lowest BCUT2D eigenvalue weighted by atomic mass is 9.88. The Morgan fingerprint density at radius 1 is 1.10 bits per heavy atom. The zero-order valence-electron chi connectivity index (χ0n) is 21.9. The molecule has 39 heavy (non-hydrogen) atoms. The number of hydrogen-bond acceptors (Lipinski definition) is 7. The zero-order chi connectivity index (χ0) is 27.7. The predicted molar refractivity (Wildman–Crippen MR) is 140 cm³/mol. The first kappa shape index (κ1) is 27.0. The minimum absolute atomic E-state index is 0.0614. The Labute approximate surface area is 224 Å². The van der Waals surface area contributed by atoms with Crippen LogP contribution in [0.15, 0.2) is 35.1 Å². The number of benzene rings is 1. The minimum Gasteiger partial charge on any atom is -0.376 e. The van der Waals surface area contributed by atoms with Crippen molar-refractivity contribution in [1.82, 2.24) is 9.55 Å². The van der Waals surface area contributed by atoms with Gasteiger partial charge in [0.15, 0.2) is 0 Å². The van der Waals surface area contributed by atoms with Crippen molar-refractivity contribution in [1.29, 1.82) is 5.26 Å². The number of aromatic nitrogens is 2. The fraction of sp³-hybridized carbons (Fsp3) is 0.464. The molecule has 0 spiro atoms. The molecule has 1 saturated heterocycles. The van der Waals surface area contributed by atoms with Crippen molar-refractivity contribution in [3.63, 3.8) is 0 Å². The molecule has 206 valence electrons. The van der Waals surface area contributed by atoms with Crippen LogP contribution in [-0.4, -0.2) is 61.2 Å². The molecule has 1 aliphatic heterocycles. The summed E-state index contributed by atoms with van der Waals surface area (Å²) in [4.78, 5) is 20.7. The molecule has 2 aromatic heterocycles. The molecule has 1 aliphatic carbocycles. The summed E-state index contributed by atoms with van der Waals surface area (Å²) >= 11 is 0. The van der Waals surface area contributed by atoms with Crippen LogP contribution < -0.4 is 15.4 Å². The van der Waals surface area contributed by atoms with Gasteiger partial charge in [-0.1, -0.05) is 0 Å². The highest BCUT2D eigenvalue weighted by Crippen LogP contribution is 2.35. The van der Waals surface area contributed by atoms with Crippen LogP contribution in [0.4, 0.5) is 24.5 Å². The lowest BCUT2D eigenvalue weighted by Crippen LogP contribution is -2.48. The van der Waals surface area contributed by atoms with Crippen molar-refractivity contribution in [2.24, 2.45) is 7.05 Å². The van der Waals surface area contributed by atoms with Gasteiger partial charge in [-0.25, -0.2) is 13.8 Å². The Hall–Kier alpha value is -3.62. The van der Waals surface area contributed by atoms with Crippen LogP contribution in [0.3, 0.4) is 0 Å². The van der Waals surface area contributed by atoms with Gasteiger partial charge in [0.25, 0.3) is 5.56 Å². The average molecular weight is 542 g/mol. The third-order valence-electron chi connectivity index (χ3n) is 7.79. The summed E-state index contributed by atoms with van der Waals surface area (Å²) in [6.07, 6.45) is 2.33. The number of nitrogens with zero attached hydrogens (tertiary/aromatic N) is 5. The largest absolute Gasteiger partial charge is 0.376 e. The monoisotopic (exact) mass is 541 g/mol. The van der Waals surface area contributed by atoms with Crippen molar-refractivity contribution in [3.8, 4) is 6.07 Å². The average Bonchev–Trinajstić information content (AvgIpc) is 2.95. The first-order chi connectivity index (χ1) is 18.8. The number of anilines is 2. The van der Waals surface area contributed by atoms with Gasteiger partial charge in [0, 0.05) is 38.8 Å². The van der Waals surface area contributed by atoms with Gasteiger partial charge < -0.3 is 23.8 Å². The van der Waals surface area contributed by atoms with Gasteiger partial charge in [0.1, 0.15) is 34.6 Å². The quantitative estimate of drug-likeness (QED) is 0.468. The van der Waals surface area contributed by atoms with E-state index in [4.69, 9.17) is 9.47 Å². The first-order valence-corrected chi connectivity index (χ1v) is 13.0. The summed E-state index contributed by atoms with van der Waals surface area (Å²) < 4.78 is 56.5. The number of fused-ring (bicyclic) bond motifs is 1. The van der Waals surface area contributed by atoms with E-state index in [0.29, 0.717) is 63.3 Å². The first-order valence-electron chi connectivity index (χ1n) is 13.0. The molecule has 11 heteroatoms. The van der Waals surface area contributed by atoms with E-state index in [9.17, 15) is 18.8 Å². The molecule has 0 bridgehead atoms. The Balaban J connectivity index is 1.40. The van der Waals surface area contributed by atoms with Crippen LogP contribution in [-0.2, 0) is 16.5 Å². The molecule has 2 aliphatic rings. The highest BCUT2D eigenvalue weighted by atomic mass is 19.1. The van der Waals surface area contributed by atoms with Crippen LogP contribution in [0.5, 0.6) is 0 Å². The highest BCUT2D eigenvalue weighted by Gasteiger charge is 2.33. The lowest BCUT2D eigenvalue weighted by molar-refractivity contribution is -0.0847. The number of nitriles is 1.